The van der Waals surface area contributed by atoms with Crippen LogP contribution in [0.1, 0.15) is 25.0 Å². The molecule has 1 aliphatic heterocycles. The molecule has 0 amide bonds. The maximum absolute atomic E-state index is 11.7. The smallest absolute Gasteiger partial charge is 0.311 e. The number of fused-ring (bicyclic) bond motifs is 2. The van der Waals surface area contributed by atoms with Crippen LogP contribution in [0.15, 0.2) is 6.20 Å². The van der Waals surface area contributed by atoms with E-state index < -0.39 is 11.4 Å². The quantitative estimate of drug-likeness (QED) is 0.913. The summed E-state index contributed by atoms with van der Waals surface area (Å²) in [6, 6.07) is 0. The molecule has 2 atom stereocenters. The van der Waals surface area contributed by atoms with Crippen molar-refractivity contribution in [1.82, 2.24) is 14.6 Å². The number of aliphatic carboxylic acids is 1. The SMILES string of the molecule is Cc1cn2nc(N3C[C@@H]4CCC[C@@]4(C(=O)O)C3)sc2n1. The van der Waals surface area contributed by atoms with Gasteiger partial charge in [0.05, 0.1) is 17.3 Å². The molecule has 7 heteroatoms. The Hall–Kier alpha value is -1.63. The van der Waals surface area contributed by atoms with E-state index in [1.165, 1.54) is 11.3 Å². The van der Waals surface area contributed by atoms with Crippen molar-refractivity contribution < 1.29 is 9.90 Å². The molecule has 2 aliphatic rings. The Bertz CT molecular complexity index is 662. The minimum Gasteiger partial charge on any atom is -0.481 e. The molecule has 6 nitrogen and oxygen atoms in total. The van der Waals surface area contributed by atoms with Crippen LogP contribution in [-0.4, -0.2) is 38.8 Å². The Morgan fingerprint density at radius 1 is 1.60 bits per heavy atom. The minimum absolute atomic E-state index is 0.262. The van der Waals surface area contributed by atoms with Crippen molar-refractivity contribution >= 4 is 27.4 Å². The maximum Gasteiger partial charge on any atom is 0.311 e. The number of carboxylic acids is 1. The number of aromatic nitrogens is 3. The number of imidazole rings is 1. The Balaban J connectivity index is 1.67. The third-order valence-corrected chi connectivity index (χ3v) is 5.70. The average molecular weight is 292 g/mol. The Morgan fingerprint density at radius 3 is 3.15 bits per heavy atom. The third-order valence-electron chi connectivity index (χ3n) is 4.72. The first kappa shape index (κ1) is 12.1. The van der Waals surface area contributed by atoms with Gasteiger partial charge >= 0.3 is 5.97 Å². The van der Waals surface area contributed by atoms with Crippen molar-refractivity contribution in [3.63, 3.8) is 0 Å². The number of rotatable bonds is 2. The van der Waals surface area contributed by atoms with Gasteiger partial charge in [0.1, 0.15) is 0 Å². The van der Waals surface area contributed by atoms with Crippen molar-refractivity contribution in [3.8, 4) is 0 Å². The van der Waals surface area contributed by atoms with E-state index in [4.69, 9.17) is 0 Å². The van der Waals surface area contributed by atoms with Crippen LogP contribution in [0.3, 0.4) is 0 Å². The van der Waals surface area contributed by atoms with Gasteiger partial charge in [-0.3, -0.25) is 4.79 Å². The standard InChI is InChI=1S/C13H16N4O2S/c1-8-5-17-11(14-8)20-12(15-17)16-6-9-3-2-4-13(9,7-16)10(18)19/h5,9H,2-4,6-7H2,1H3,(H,18,19)/t9-,13+/m0/s1. The van der Waals surface area contributed by atoms with Crippen molar-refractivity contribution in [1.29, 1.82) is 0 Å². The van der Waals surface area contributed by atoms with Gasteiger partial charge in [0.2, 0.25) is 10.1 Å². The molecule has 0 aromatic carbocycles. The predicted octanol–water partition coefficient (Wildman–Crippen LogP) is 1.79. The van der Waals surface area contributed by atoms with Gasteiger partial charge in [-0.25, -0.2) is 9.50 Å². The summed E-state index contributed by atoms with van der Waals surface area (Å²) in [5.74, 6) is -0.377. The summed E-state index contributed by atoms with van der Waals surface area (Å²) in [6.45, 7) is 3.34. The second-order valence-corrected chi connectivity index (χ2v) is 6.86. The van der Waals surface area contributed by atoms with Gasteiger partial charge in [-0.05, 0) is 25.7 Å². The second-order valence-electron chi connectivity index (χ2n) is 5.93. The van der Waals surface area contributed by atoms with Crippen LogP contribution < -0.4 is 4.90 Å². The Kier molecular flexibility index (Phi) is 2.39. The highest BCUT2D eigenvalue weighted by atomic mass is 32.1. The Labute approximate surface area is 120 Å². The van der Waals surface area contributed by atoms with E-state index in [2.05, 4.69) is 15.0 Å². The van der Waals surface area contributed by atoms with Crippen LogP contribution in [0.25, 0.3) is 4.96 Å². The molecule has 0 radical (unpaired) electrons. The molecule has 0 unspecified atom stereocenters. The van der Waals surface area contributed by atoms with E-state index in [0.717, 1.165) is 41.6 Å². The molecule has 1 saturated carbocycles. The number of carbonyl (C=O) groups is 1. The van der Waals surface area contributed by atoms with E-state index >= 15 is 0 Å². The molecule has 20 heavy (non-hydrogen) atoms. The van der Waals surface area contributed by atoms with Gasteiger partial charge in [-0.2, -0.15) is 0 Å². The summed E-state index contributed by atoms with van der Waals surface area (Å²) in [4.78, 5) is 19.1. The van der Waals surface area contributed by atoms with Crippen LogP contribution >= 0.6 is 11.3 Å². The lowest BCUT2D eigenvalue weighted by molar-refractivity contribution is -0.149. The van der Waals surface area contributed by atoms with E-state index in [1.807, 2.05) is 13.1 Å². The summed E-state index contributed by atoms with van der Waals surface area (Å²) >= 11 is 1.54. The highest BCUT2D eigenvalue weighted by Gasteiger charge is 2.55. The van der Waals surface area contributed by atoms with Crippen molar-refractivity contribution in [2.45, 2.75) is 26.2 Å². The number of carboxylic acid groups (broad SMARTS) is 1. The fraction of sp³-hybridized carbons (Fsp3) is 0.615. The normalized spacial score (nSPS) is 29.2. The Morgan fingerprint density at radius 2 is 2.45 bits per heavy atom. The molecule has 2 aromatic rings. The molecule has 2 fully saturated rings. The lowest BCUT2D eigenvalue weighted by Gasteiger charge is -2.22. The molecular formula is C13H16N4O2S. The lowest BCUT2D eigenvalue weighted by atomic mass is 9.81. The van der Waals surface area contributed by atoms with Gasteiger partial charge in [0, 0.05) is 13.1 Å². The molecule has 1 saturated heterocycles. The third kappa shape index (κ3) is 1.52. The topological polar surface area (TPSA) is 70.7 Å². The molecule has 4 rings (SSSR count). The molecule has 1 N–H and O–H groups in total. The lowest BCUT2D eigenvalue weighted by Crippen LogP contribution is -2.35. The zero-order chi connectivity index (χ0) is 13.9. The zero-order valence-electron chi connectivity index (χ0n) is 11.2. The van der Waals surface area contributed by atoms with Gasteiger partial charge in [0.25, 0.3) is 0 Å². The van der Waals surface area contributed by atoms with Crippen molar-refractivity contribution in [3.05, 3.63) is 11.9 Å². The van der Waals surface area contributed by atoms with Gasteiger partial charge in [-0.1, -0.05) is 17.8 Å². The maximum atomic E-state index is 11.7. The van der Waals surface area contributed by atoms with Gasteiger partial charge in [0.15, 0.2) is 0 Å². The number of nitrogens with zero attached hydrogens (tertiary/aromatic N) is 4. The largest absolute Gasteiger partial charge is 0.481 e. The van der Waals surface area contributed by atoms with E-state index in [-0.39, 0.29) is 5.92 Å². The second kappa shape index (κ2) is 3.94. The summed E-state index contributed by atoms with van der Waals surface area (Å²) in [5.41, 5.74) is 0.402. The summed E-state index contributed by atoms with van der Waals surface area (Å²) in [6.07, 6.45) is 4.75. The number of hydrogen-bond acceptors (Lipinski definition) is 5. The number of aryl methyl sites for hydroxylation is 1. The van der Waals surface area contributed by atoms with Crippen molar-refractivity contribution in [2.75, 3.05) is 18.0 Å². The first-order valence-electron chi connectivity index (χ1n) is 6.90. The van der Waals surface area contributed by atoms with Crippen LogP contribution in [0, 0.1) is 18.3 Å². The fourth-order valence-corrected chi connectivity index (χ4v) is 4.65. The molecule has 0 spiro atoms. The predicted molar refractivity (Wildman–Crippen MR) is 75.2 cm³/mol. The average Bonchev–Trinajstić information content (AvgIpc) is 3.02. The fourth-order valence-electron chi connectivity index (χ4n) is 3.71. The van der Waals surface area contributed by atoms with Crippen LogP contribution in [0.5, 0.6) is 0 Å². The van der Waals surface area contributed by atoms with Crippen LogP contribution in [-0.2, 0) is 4.79 Å². The van der Waals surface area contributed by atoms with Crippen LogP contribution in [0.2, 0.25) is 0 Å². The monoisotopic (exact) mass is 292 g/mol. The molecule has 0 bridgehead atoms. The van der Waals surface area contributed by atoms with E-state index in [0.29, 0.717) is 6.54 Å². The summed E-state index contributed by atoms with van der Waals surface area (Å²) < 4.78 is 1.79. The van der Waals surface area contributed by atoms with E-state index in [1.54, 1.807) is 4.52 Å². The van der Waals surface area contributed by atoms with Gasteiger partial charge < -0.3 is 10.0 Å². The first-order chi connectivity index (χ1) is 9.58. The molecule has 2 aromatic heterocycles. The summed E-state index contributed by atoms with van der Waals surface area (Å²) in [5, 5.41) is 15.0. The first-order valence-corrected chi connectivity index (χ1v) is 7.71. The zero-order valence-corrected chi connectivity index (χ0v) is 12.1. The highest BCUT2D eigenvalue weighted by molar-refractivity contribution is 7.20. The van der Waals surface area contributed by atoms with Gasteiger partial charge in [-0.15, -0.1) is 5.10 Å². The minimum atomic E-state index is -0.639. The molecular weight excluding hydrogens is 276 g/mol. The summed E-state index contributed by atoms with van der Waals surface area (Å²) in [7, 11) is 0. The molecule has 1 aliphatic carbocycles. The molecule has 106 valence electrons. The van der Waals surface area contributed by atoms with Crippen molar-refractivity contribution in [2.24, 2.45) is 11.3 Å². The number of hydrogen-bond donors (Lipinski definition) is 1. The van der Waals surface area contributed by atoms with E-state index in [9.17, 15) is 9.90 Å². The number of anilines is 1. The van der Waals surface area contributed by atoms with Crippen LogP contribution in [0.4, 0.5) is 5.13 Å². The molecule has 3 heterocycles. The highest BCUT2D eigenvalue weighted by Crippen LogP contribution is 2.50.